The van der Waals surface area contributed by atoms with Gasteiger partial charge in [0.15, 0.2) is 0 Å². The Morgan fingerprint density at radius 3 is 2.27 bits per heavy atom. The number of ether oxygens (including phenoxy) is 1. The van der Waals surface area contributed by atoms with E-state index in [9.17, 15) is 0 Å². The zero-order valence-corrected chi connectivity index (χ0v) is 19.4. The number of methoxy groups -OCH3 is 1. The van der Waals surface area contributed by atoms with Gasteiger partial charge in [0.05, 0.1) is 13.2 Å². The summed E-state index contributed by atoms with van der Waals surface area (Å²) in [6.07, 6.45) is 4.51. The first-order valence-electron chi connectivity index (χ1n) is 12.0. The number of aromatic nitrogens is 1. The average molecular weight is 440 g/mol. The molecule has 2 heterocycles. The summed E-state index contributed by atoms with van der Waals surface area (Å²) in [5.74, 6) is 0.908. The lowest BCUT2D eigenvalue weighted by molar-refractivity contribution is 0.109. The number of nitrogens with zero attached hydrogens (tertiary/aromatic N) is 2. The first-order valence-corrected chi connectivity index (χ1v) is 12.0. The van der Waals surface area contributed by atoms with E-state index in [1.165, 1.54) is 34.0 Å². The highest BCUT2D eigenvalue weighted by molar-refractivity contribution is 5.82. The molecule has 0 bridgehead atoms. The molecule has 33 heavy (non-hydrogen) atoms. The molecule has 3 aromatic carbocycles. The van der Waals surface area contributed by atoms with E-state index in [1.807, 2.05) is 0 Å². The molecular formula is C29H33N3O. The van der Waals surface area contributed by atoms with Gasteiger partial charge < -0.3 is 14.6 Å². The Bertz CT molecular complexity index is 1140. The molecule has 4 nitrogen and oxygen atoms in total. The van der Waals surface area contributed by atoms with Gasteiger partial charge in [-0.2, -0.15) is 0 Å². The van der Waals surface area contributed by atoms with Crippen LogP contribution in [0.25, 0.3) is 10.9 Å². The quantitative estimate of drug-likeness (QED) is 0.392. The maximum absolute atomic E-state index is 5.38. The fraction of sp³-hybridized carbons (Fsp3) is 0.310. The fourth-order valence-electron chi connectivity index (χ4n) is 5.11. The van der Waals surface area contributed by atoms with E-state index >= 15 is 0 Å². The number of para-hydroxylation sites is 1. The normalized spacial score (nSPS) is 16.2. The second kappa shape index (κ2) is 10.2. The number of aryl methyl sites for hydroxylation is 1. The molecule has 0 radical (unpaired) electrons. The van der Waals surface area contributed by atoms with E-state index in [-0.39, 0.29) is 6.04 Å². The van der Waals surface area contributed by atoms with Gasteiger partial charge in [-0.05, 0) is 54.3 Å². The second-order valence-corrected chi connectivity index (χ2v) is 8.93. The highest BCUT2D eigenvalue weighted by atomic mass is 16.5. The standard InChI is InChI=1S/C29H33N3O/c1-33-26-15-13-24(14-16-26)29(23-8-3-2-4-9-23)32-20-18-31(19-21-32)17-7-10-25-22-30-28-12-6-5-11-27(25)28/h2-6,8-9,11-16,22,29-30H,7,10,17-21H2,1H3. The monoisotopic (exact) mass is 439 g/mol. The van der Waals surface area contributed by atoms with Crippen LogP contribution in [-0.2, 0) is 6.42 Å². The van der Waals surface area contributed by atoms with Crippen molar-refractivity contribution in [3.05, 3.63) is 102 Å². The van der Waals surface area contributed by atoms with Crippen LogP contribution in [0.15, 0.2) is 85.1 Å². The van der Waals surface area contributed by atoms with Gasteiger partial charge in [0, 0.05) is 43.3 Å². The van der Waals surface area contributed by atoms with Gasteiger partial charge in [0.1, 0.15) is 5.75 Å². The third kappa shape index (κ3) is 4.97. The first kappa shape index (κ1) is 21.7. The predicted octanol–water partition coefficient (Wildman–Crippen LogP) is 5.52. The smallest absolute Gasteiger partial charge is 0.118 e. The molecule has 1 fully saturated rings. The van der Waals surface area contributed by atoms with Crippen molar-refractivity contribution < 1.29 is 4.74 Å². The minimum absolute atomic E-state index is 0.283. The van der Waals surface area contributed by atoms with E-state index in [2.05, 4.69) is 99.8 Å². The maximum Gasteiger partial charge on any atom is 0.118 e. The zero-order valence-electron chi connectivity index (χ0n) is 19.4. The average Bonchev–Trinajstić information content (AvgIpc) is 3.29. The van der Waals surface area contributed by atoms with Crippen molar-refractivity contribution in [3.63, 3.8) is 0 Å². The molecule has 4 heteroatoms. The van der Waals surface area contributed by atoms with Crippen molar-refractivity contribution in [1.29, 1.82) is 0 Å². The summed E-state index contributed by atoms with van der Waals surface area (Å²) in [4.78, 5) is 8.66. The predicted molar refractivity (Wildman–Crippen MR) is 136 cm³/mol. The SMILES string of the molecule is COc1ccc(C(c2ccccc2)N2CCN(CCCc3c[nH]c4ccccc34)CC2)cc1. The molecule has 1 N–H and O–H groups in total. The van der Waals surface area contributed by atoms with Gasteiger partial charge in [0.25, 0.3) is 0 Å². The molecule has 1 atom stereocenters. The second-order valence-electron chi connectivity index (χ2n) is 8.93. The molecule has 0 amide bonds. The molecule has 0 saturated carbocycles. The van der Waals surface area contributed by atoms with E-state index < -0.39 is 0 Å². The Morgan fingerprint density at radius 2 is 1.52 bits per heavy atom. The summed E-state index contributed by atoms with van der Waals surface area (Å²) in [5.41, 5.74) is 5.37. The van der Waals surface area contributed by atoms with E-state index in [4.69, 9.17) is 4.74 Å². The Balaban J connectivity index is 1.20. The number of hydrogen-bond donors (Lipinski definition) is 1. The van der Waals surface area contributed by atoms with Crippen molar-refractivity contribution in [2.45, 2.75) is 18.9 Å². The Morgan fingerprint density at radius 1 is 0.818 bits per heavy atom. The largest absolute Gasteiger partial charge is 0.497 e. The van der Waals surface area contributed by atoms with Gasteiger partial charge in [-0.1, -0.05) is 60.7 Å². The summed E-state index contributed by atoms with van der Waals surface area (Å²) in [7, 11) is 1.72. The van der Waals surface area contributed by atoms with Crippen LogP contribution >= 0.6 is 0 Å². The van der Waals surface area contributed by atoms with Crippen molar-refractivity contribution in [2.24, 2.45) is 0 Å². The molecule has 1 saturated heterocycles. The molecule has 1 aliphatic rings. The van der Waals surface area contributed by atoms with Gasteiger partial charge in [-0.25, -0.2) is 0 Å². The summed E-state index contributed by atoms with van der Waals surface area (Å²) in [5, 5.41) is 1.37. The fourth-order valence-corrected chi connectivity index (χ4v) is 5.11. The van der Waals surface area contributed by atoms with Crippen LogP contribution in [-0.4, -0.2) is 54.6 Å². The molecule has 4 aromatic rings. The first-order chi connectivity index (χ1) is 16.3. The van der Waals surface area contributed by atoms with Crippen LogP contribution in [0.5, 0.6) is 5.75 Å². The summed E-state index contributed by atoms with van der Waals surface area (Å²) >= 11 is 0. The van der Waals surface area contributed by atoms with Crippen molar-refractivity contribution in [3.8, 4) is 5.75 Å². The number of nitrogens with one attached hydrogen (secondary N) is 1. The zero-order chi connectivity index (χ0) is 22.5. The molecule has 5 rings (SSSR count). The number of H-pyrrole nitrogens is 1. The van der Waals surface area contributed by atoms with Crippen LogP contribution in [0.1, 0.15) is 29.2 Å². The van der Waals surface area contributed by atoms with E-state index in [1.54, 1.807) is 7.11 Å². The van der Waals surface area contributed by atoms with E-state index in [0.717, 1.165) is 44.9 Å². The molecule has 1 aliphatic heterocycles. The summed E-state index contributed by atoms with van der Waals surface area (Å²) in [6, 6.07) is 28.4. The molecule has 1 aromatic heterocycles. The molecule has 1 unspecified atom stereocenters. The van der Waals surface area contributed by atoms with Crippen molar-refractivity contribution in [2.75, 3.05) is 39.8 Å². The summed E-state index contributed by atoms with van der Waals surface area (Å²) in [6.45, 7) is 5.56. The molecule has 0 spiro atoms. The van der Waals surface area contributed by atoms with Crippen LogP contribution < -0.4 is 4.74 Å². The number of rotatable bonds is 8. The Kier molecular flexibility index (Phi) is 6.75. The molecule has 170 valence electrons. The lowest BCUT2D eigenvalue weighted by Crippen LogP contribution is -2.48. The highest BCUT2D eigenvalue weighted by Gasteiger charge is 2.26. The highest BCUT2D eigenvalue weighted by Crippen LogP contribution is 2.31. The third-order valence-electron chi connectivity index (χ3n) is 6.91. The topological polar surface area (TPSA) is 31.5 Å². The maximum atomic E-state index is 5.38. The van der Waals surface area contributed by atoms with Gasteiger partial charge in [0.2, 0.25) is 0 Å². The van der Waals surface area contributed by atoms with Gasteiger partial charge in [-0.3, -0.25) is 4.90 Å². The minimum atomic E-state index is 0.283. The van der Waals surface area contributed by atoms with E-state index in [0.29, 0.717) is 0 Å². The lowest BCUT2D eigenvalue weighted by atomic mass is 9.96. The van der Waals surface area contributed by atoms with Gasteiger partial charge in [-0.15, -0.1) is 0 Å². The van der Waals surface area contributed by atoms with Crippen LogP contribution in [0, 0.1) is 0 Å². The van der Waals surface area contributed by atoms with Gasteiger partial charge >= 0.3 is 0 Å². The minimum Gasteiger partial charge on any atom is -0.497 e. The van der Waals surface area contributed by atoms with Crippen LogP contribution in [0.2, 0.25) is 0 Å². The number of benzene rings is 3. The molecule has 0 aliphatic carbocycles. The van der Waals surface area contributed by atoms with Crippen LogP contribution in [0.3, 0.4) is 0 Å². The summed E-state index contributed by atoms with van der Waals surface area (Å²) < 4.78 is 5.38. The van der Waals surface area contributed by atoms with Crippen molar-refractivity contribution >= 4 is 10.9 Å². The number of piperazine rings is 1. The Hall–Kier alpha value is -3.08. The molecular weight excluding hydrogens is 406 g/mol. The lowest BCUT2D eigenvalue weighted by Gasteiger charge is -2.40. The number of aromatic amines is 1. The number of hydrogen-bond acceptors (Lipinski definition) is 3. The third-order valence-corrected chi connectivity index (χ3v) is 6.91. The number of fused-ring (bicyclic) bond motifs is 1. The van der Waals surface area contributed by atoms with Crippen LogP contribution in [0.4, 0.5) is 0 Å². The van der Waals surface area contributed by atoms with Crippen molar-refractivity contribution in [1.82, 2.24) is 14.8 Å². The Labute approximate surface area is 196 Å².